The molecular weight excluding hydrogens is 330 g/mol. The Morgan fingerprint density at radius 2 is 1.90 bits per heavy atom. The zero-order valence-corrected chi connectivity index (χ0v) is 13.4. The number of rotatable bonds is 3. The lowest BCUT2D eigenvalue weighted by Crippen LogP contribution is -2.22. The van der Waals surface area contributed by atoms with E-state index in [0.29, 0.717) is 0 Å². The molecule has 0 radical (unpaired) electrons. The smallest absolute Gasteiger partial charge is 0.330 e. The monoisotopic (exact) mass is 347 g/mol. The van der Waals surface area contributed by atoms with Crippen molar-refractivity contribution >= 4 is 26.4 Å². The molecule has 2 aliphatic rings. The van der Waals surface area contributed by atoms with Crippen molar-refractivity contribution in [2.24, 2.45) is 0 Å². The van der Waals surface area contributed by atoms with Crippen molar-refractivity contribution in [3.63, 3.8) is 0 Å². The summed E-state index contributed by atoms with van der Waals surface area (Å²) in [5.74, 6) is -0.872. The second-order valence-corrected chi connectivity index (χ2v) is 6.30. The maximum absolute atomic E-state index is 11.2. The molecule has 0 spiro atoms. The molecule has 110 valence electrons. The van der Waals surface area contributed by atoms with Crippen molar-refractivity contribution in [2.75, 3.05) is 13.1 Å². The van der Waals surface area contributed by atoms with Crippen molar-refractivity contribution in [1.29, 1.82) is 0 Å². The van der Waals surface area contributed by atoms with Crippen LogP contribution in [-0.2, 0) is 11.2 Å². The van der Waals surface area contributed by atoms with Crippen LogP contribution in [0.2, 0.25) is 0 Å². The molecule has 1 aliphatic heterocycles. The van der Waals surface area contributed by atoms with Crippen LogP contribution in [0.25, 0.3) is 4.48 Å². The Balaban J connectivity index is 2.05. The molecule has 1 saturated heterocycles. The molecule has 1 fully saturated rings. The van der Waals surface area contributed by atoms with E-state index in [1.807, 2.05) is 6.07 Å². The zero-order valence-electron chi connectivity index (χ0n) is 11.8. The minimum atomic E-state index is -0.872. The second-order valence-electron chi connectivity index (χ2n) is 5.51. The van der Waals surface area contributed by atoms with Gasteiger partial charge in [0.1, 0.15) is 0 Å². The molecule has 1 N–H and O–H groups in total. The molecule has 21 heavy (non-hydrogen) atoms. The number of hydrogen-bond acceptors (Lipinski definition) is 2. The number of allylic oxidation sites excluding steroid dienone is 1. The fourth-order valence-corrected chi connectivity index (χ4v) is 3.96. The summed E-state index contributed by atoms with van der Waals surface area (Å²) in [6, 6.07) is 8.32. The Morgan fingerprint density at radius 3 is 2.62 bits per heavy atom. The Labute approximate surface area is 133 Å². The molecule has 1 aromatic rings. The van der Waals surface area contributed by atoms with Gasteiger partial charge in [-0.2, -0.15) is 0 Å². The van der Waals surface area contributed by atoms with Gasteiger partial charge in [-0.1, -0.05) is 24.3 Å². The van der Waals surface area contributed by atoms with Crippen molar-refractivity contribution in [3.05, 3.63) is 52.7 Å². The van der Waals surface area contributed by atoms with Crippen LogP contribution >= 0.6 is 15.9 Å². The summed E-state index contributed by atoms with van der Waals surface area (Å²) in [5.41, 5.74) is 4.51. The number of benzene rings is 1. The van der Waals surface area contributed by atoms with Crippen molar-refractivity contribution in [2.45, 2.75) is 25.7 Å². The van der Waals surface area contributed by atoms with Crippen LogP contribution in [0.15, 0.2) is 41.6 Å². The molecule has 3 rings (SSSR count). The number of nitrogens with zero attached hydrogens (tertiary/aromatic N) is 1. The topological polar surface area (TPSA) is 40.5 Å². The van der Waals surface area contributed by atoms with Crippen LogP contribution in [0.5, 0.6) is 0 Å². The van der Waals surface area contributed by atoms with E-state index in [-0.39, 0.29) is 0 Å². The fraction of sp³-hybridized carbons (Fsp3) is 0.353. The van der Waals surface area contributed by atoms with Crippen molar-refractivity contribution in [3.8, 4) is 0 Å². The van der Waals surface area contributed by atoms with Crippen LogP contribution in [0.1, 0.15) is 30.4 Å². The molecule has 1 heterocycles. The summed E-state index contributed by atoms with van der Waals surface area (Å²) < 4.78 is 1.05. The molecule has 0 aromatic heterocycles. The van der Waals surface area contributed by atoms with Gasteiger partial charge in [-0.3, -0.25) is 0 Å². The number of hydrogen-bond donors (Lipinski definition) is 1. The number of carbonyl (C=O) groups is 1. The van der Waals surface area contributed by atoms with Crippen molar-refractivity contribution < 1.29 is 9.90 Å². The molecular formula is C17H18BrNO2. The van der Waals surface area contributed by atoms with Crippen LogP contribution < -0.4 is 0 Å². The molecule has 1 aromatic carbocycles. The van der Waals surface area contributed by atoms with Gasteiger partial charge >= 0.3 is 5.97 Å². The Bertz CT molecular complexity index is 627. The first kappa shape index (κ1) is 14.4. The number of carboxylic acids is 1. The zero-order chi connectivity index (χ0) is 14.8. The quantitative estimate of drug-likeness (QED) is 0.845. The lowest BCUT2D eigenvalue weighted by molar-refractivity contribution is -0.131. The number of likely N-dealkylation sites (tertiary alicyclic amines) is 1. The van der Waals surface area contributed by atoms with Gasteiger partial charge < -0.3 is 10.0 Å². The highest BCUT2D eigenvalue weighted by Gasteiger charge is 2.25. The number of aryl methyl sites for hydroxylation is 1. The van der Waals surface area contributed by atoms with Crippen LogP contribution in [-0.4, -0.2) is 29.1 Å². The summed E-state index contributed by atoms with van der Waals surface area (Å²) in [4.78, 5) is 13.4. The predicted molar refractivity (Wildman–Crippen MR) is 87.1 cm³/mol. The molecule has 0 amide bonds. The third-order valence-corrected chi connectivity index (χ3v) is 5.09. The van der Waals surface area contributed by atoms with Crippen LogP contribution in [0.3, 0.4) is 0 Å². The maximum Gasteiger partial charge on any atom is 0.330 e. The highest BCUT2D eigenvalue weighted by molar-refractivity contribution is 9.15. The standard InChI is InChI=1S/C17H18BrNO2/c18-17-13-6-2-1-5-12(13)7-8-14(17)15(11-16(20)21)19-9-3-4-10-19/h1-2,5-6,11H,3-4,7-10H2,(H,20,21). The summed E-state index contributed by atoms with van der Waals surface area (Å²) in [6.07, 6.45) is 5.49. The average Bonchev–Trinajstić information content (AvgIpc) is 3.00. The van der Waals surface area contributed by atoms with Gasteiger partial charge in [-0.25, -0.2) is 4.79 Å². The molecule has 0 unspecified atom stereocenters. The van der Waals surface area contributed by atoms with E-state index in [9.17, 15) is 9.90 Å². The third kappa shape index (κ3) is 2.91. The van der Waals surface area contributed by atoms with Gasteiger partial charge in [0.2, 0.25) is 0 Å². The first-order valence-electron chi connectivity index (χ1n) is 7.33. The Kier molecular flexibility index (Phi) is 4.15. The van der Waals surface area contributed by atoms with E-state index in [4.69, 9.17) is 0 Å². The Morgan fingerprint density at radius 1 is 1.19 bits per heavy atom. The molecule has 4 heteroatoms. The summed E-state index contributed by atoms with van der Waals surface area (Å²) >= 11 is 3.71. The van der Waals surface area contributed by atoms with Gasteiger partial charge in [-0.15, -0.1) is 0 Å². The summed E-state index contributed by atoms with van der Waals surface area (Å²) in [5, 5.41) is 9.22. The molecule has 1 aliphatic carbocycles. The first-order valence-corrected chi connectivity index (χ1v) is 8.13. The van der Waals surface area contributed by atoms with E-state index < -0.39 is 5.97 Å². The minimum absolute atomic E-state index is 0.872. The fourth-order valence-electron chi connectivity index (χ4n) is 3.17. The summed E-state index contributed by atoms with van der Waals surface area (Å²) in [7, 11) is 0. The number of carboxylic acid groups (broad SMARTS) is 1. The maximum atomic E-state index is 11.2. The highest BCUT2D eigenvalue weighted by Crippen LogP contribution is 2.40. The van der Waals surface area contributed by atoms with Crippen LogP contribution in [0, 0.1) is 0 Å². The lowest BCUT2D eigenvalue weighted by atomic mass is 9.90. The second kappa shape index (κ2) is 6.06. The average molecular weight is 348 g/mol. The lowest BCUT2D eigenvalue weighted by Gasteiger charge is -2.28. The predicted octanol–water partition coefficient (Wildman–Crippen LogP) is 3.80. The van der Waals surface area contributed by atoms with E-state index >= 15 is 0 Å². The molecule has 0 saturated carbocycles. The molecule has 3 nitrogen and oxygen atoms in total. The highest BCUT2D eigenvalue weighted by atomic mass is 79.9. The largest absolute Gasteiger partial charge is 0.478 e. The Hall–Kier alpha value is -1.55. The van der Waals surface area contributed by atoms with Crippen molar-refractivity contribution in [1.82, 2.24) is 4.90 Å². The minimum Gasteiger partial charge on any atom is -0.478 e. The van der Waals surface area contributed by atoms with Gasteiger partial charge in [-0.05, 0) is 58.3 Å². The number of halogens is 1. The van der Waals surface area contributed by atoms with Gasteiger partial charge in [0.25, 0.3) is 0 Å². The van der Waals surface area contributed by atoms with E-state index in [1.54, 1.807) is 0 Å². The van der Waals surface area contributed by atoms with E-state index in [2.05, 4.69) is 39.0 Å². The normalized spacial score (nSPS) is 18.9. The van der Waals surface area contributed by atoms with Gasteiger partial charge in [0.15, 0.2) is 0 Å². The third-order valence-electron chi connectivity index (χ3n) is 4.18. The number of aliphatic carboxylic acids is 1. The molecule has 0 bridgehead atoms. The van der Waals surface area contributed by atoms with Gasteiger partial charge in [0, 0.05) is 29.3 Å². The number of fused-ring (bicyclic) bond motifs is 1. The van der Waals surface area contributed by atoms with E-state index in [1.165, 1.54) is 17.2 Å². The van der Waals surface area contributed by atoms with Crippen LogP contribution in [0.4, 0.5) is 0 Å². The molecule has 0 atom stereocenters. The van der Waals surface area contributed by atoms with Gasteiger partial charge in [0.05, 0.1) is 0 Å². The SMILES string of the molecule is O=C(O)C=C(C1=C(Br)c2ccccc2CC1)N1CCCC1. The summed E-state index contributed by atoms with van der Waals surface area (Å²) in [6.45, 7) is 1.90. The van der Waals surface area contributed by atoms with E-state index in [0.717, 1.165) is 54.5 Å². The first-order chi connectivity index (χ1) is 10.2.